The van der Waals surface area contributed by atoms with Gasteiger partial charge in [-0.05, 0) is 66.8 Å². The number of anilines is 1. The summed E-state index contributed by atoms with van der Waals surface area (Å²) in [5.41, 5.74) is 3.17. The van der Waals surface area contributed by atoms with Crippen molar-refractivity contribution >= 4 is 28.3 Å². The molecule has 2 heterocycles. The Morgan fingerprint density at radius 3 is 2.38 bits per heavy atom. The summed E-state index contributed by atoms with van der Waals surface area (Å²) in [6.45, 7) is 0. The van der Waals surface area contributed by atoms with Gasteiger partial charge in [0.2, 0.25) is 5.91 Å². The number of aromatic nitrogens is 1. The van der Waals surface area contributed by atoms with Gasteiger partial charge in [-0.15, -0.1) is 8.78 Å². The van der Waals surface area contributed by atoms with Crippen LogP contribution in [0.1, 0.15) is 43.2 Å². The van der Waals surface area contributed by atoms with Gasteiger partial charge in [0.1, 0.15) is 11.6 Å². The molecule has 0 saturated heterocycles. The number of pyridine rings is 1. The molecule has 39 heavy (non-hydrogen) atoms. The van der Waals surface area contributed by atoms with E-state index in [1.807, 2.05) is 54.6 Å². The predicted octanol–water partition coefficient (Wildman–Crippen LogP) is 7.35. The highest BCUT2D eigenvalue weighted by molar-refractivity contribution is 6.03. The predicted molar refractivity (Wildman–Crippen MR) is 143 cm³/mol. The van der Waals surface area contributed by atoms with Crippen LogP contribution in [0.25, 0.3) is 27.8 Å². The van der Waals surface area contributed by atoms with Gasteiger partial charge in [-0.1, -0.05) is 54.6 Å². The number of ether oxygens (including phenoxy) is 2. The maximum atomic E-state index is 13.5. The molecule has 6 nitrogen and oxygen atoms in total. The van der Waals surface area contributed by atoms with Crippen molar-refractivity contribution in [3.8, 4) is 22.8 Å². The lowest BCUT2D eigenvalue weighted by atomic mass is 9.89. The molecule has 0 bridgehead atoms. The lowest BCUT2D eigenvalue weighted by Crippen LogP contribution is -2.28. The number of alkyl halides is 2. The minimum atomic E-state index is -3.71. The van der Waals surface area contributed by atoms with Gasteiger partial charge in [0.15, 0.2) is 11.5 Å². The van der Waals surface area contributed by atoms with E-state index in [0.29, 0.717) is 35.7 Å². The first-order chi connectivity index (χ1) is 18.8. The number of amides is 1. The third-order valence-electron chi connectivity index (χ3n) is 7.84. The van der Waals surface area contributed by atoms with Gasteiger partial charge >= 0.3 is 6.29 Å². The molecule has 3 aromatic carbocycles. The van der Waals surface area contributed by atoms with Gasteiger partial charge in [0.25, 0.3) is 0 Å². The molecule has 2 saturated carbocycles. The molecular weight excluding hydrogens is 502 g/mol. The number of halogens is 2. The molecule has 196 valence electrons. The summed E-state index contributed by atoms with van der Waals surface area (Å²) in [5.74, 6) is 0.368. The van der Waals surface area contributed by atoms with Gasteiger partial charge < -0.3 is 19.9 Å². The van der Waals surface area contributed by atoms with Crippen molar-refractivity contribution in [1.82, 2.24) is 4.98 Å². The summed E-state index contributed by atoms with van der Waals surface area (Å²) < 4.78 is 36.1. The van der Waals surface area contributed by atoms with Gasteiger partial charge in [-0.3, -0.25) is 4.79 Å². The summed E-state index contributed by atoms with van der Waals surface area (Å²) in [5, 5.41) is 15.4. The Labute approximate surface area is 222 Å². The maximum Gasteiger partial charge on any atom is 0.586 e. The molecule has 8 heteroatoms. The Balaban J connectivity index is 1.20. The van der Waals surface area contributed by atoms with Crippen LogP contribution < -0.4 is 14.8 Å². The first-order valence-electron chi connectivity index (χ1n) is 12.9. The van der Waals surface area contributed by atoms with Gasteiger partial charge in [-0.25, -0.2) is 4.98 Å². The Kier molecular flexibility index (Phi) is 5.17. The number of carbonyl (C=O) groups excluding carboxylic acids is 1. The average molecular weight is 527 g/mol. The van der Waals surface area contributed by atoms with Crippen LogP contribution in [0, 0.1) is 0 Å². The van der Waals surface area contributed by atoms with E-state index < -0.39 is 11.7 Å². The molecule has 1 aromatic heterocycles. The second kappa shape index (κ2) is 8.53. The molecule has 0 radical (unpaired) electrons. The molecule has 2 N–H and O–H groups in total. The van der Waals surface area contributed by atoms with Crippen LogP contribution in [0.4, 0.5) is 14.6 Å². The van der Waals surface area contributed by atoms with Crippen LogP contribution in [-0.2, 0) is 10.2 Å². The third-order valence-corrected chi connectivity index (χ3v) is 7.84. The Morgan fingerprint density at radius 2 is 1.67 bits per heavy atom. The molecule has 7 rings (SSSR count). The number of hydrogen-bond donors (Lipinski definition) is 2. The third kappa shape index (κ3) is 4.07. The number of fused-ring (bicyclic) bond motifs is 2. The standard InChI is InChI=1S/C31H24F2N2O4/c32-31(33)38-24-13-12-22(17-25(24)39-31)30(14-15-30)29(37)35-26-16-21-4-1-2-7-23(21)27(34-26)18-8-10-20(11-9-18)28(36)19-5-3-6-19/h1-2,4,7-13,16-17,36H,3,5-6,14-15H2,(H,34,35,37). The van der Waals surface area contributed by atoms with Crippen molar-refractivity contribution in [3.63, 3.8) is 0 Å². The van der Waals surface area contributed by atoms with Crippen molar-refractivity contribution in [3.05, 3.63) is 89.5 Å². The van der Waals surface area contributed by atoms with Crippen molar-refractivity contribution < 1.29 is 28.2 Å². The monoisotopic (exact) mass is 526 g/mol. The number of carbonyl (C=O) groups is 1. The summed E-state index contributed by atoms with van der Waals surface area (Å²) in [7, 11) is 0. The van der Waals surface area contributed by atoms with Crippen molar-refractivity contribution in [1.29, 1.82) is 0 Å². The second-order valence-corrected chi connectivity index (χ2v) is 10.3. The molecule has 0 unspecified atom stereocenters. The normalized spacial score (nSPS) is 17.9. The van der Waals surface area contributed by atoms with E-state index in [-0.39, 0.29) is 17.4 Å². The highest BCUT2D eigenvalue weighted by atomic mass is 19.3. The first kappa shape index (κ1) is 23.6. The fourth-order valence-electron chi connectivity index (χ4n) is 5.32. The average Bonchev–Trinajstić information content (AvgIpc) is 3.64. The van der Waals surface area contributed by atoms with Crippen LogP contribution in [0.5, 0.6) is 11.5 Å². The van der Waals surface area contributed by atoms with E-state index in [0.717, 1.165) is 46.7 Å². The lowest BCUT2D eigenvalue weighted by Gasteiger charge is -2.19. The van der Waals surface area contributed by atoms with Crippen LogP contribution in [-0.4, -0.2) is 22.3 Å². The largest absolute Gasteiger partial charge is 0.586 e. The lowest BCUT2D eigenvalue weighted by molar-refractivity contribution is -0.286. The molecule has 0 spiro atoms. The fourth-order valence-corrected chi connectivity index (χ4v) is 5.32. The van der Waals surface area contributed by atoms with Gasteiger partial charge in [0, 0.05) is 16.5 Å². The maximum absolute atomic E-state index is 13.5. The Morgan fingerprint density at radius 1 is 0.923 bits per heavy atom. The minimum absolute atomic E-state index is 0.0518. The number of allylic oxidation sites excluding steroid dienone is 1. The molecule has 3 aliphatic rings. The quantitative estimate of drug-likeness (QED) is 0.266. The van der Waals surface area contributed by atoms with Crippen molar-refractivity contribution in [2.24, 2.45) is 0 Å². The zero-order valence-electron chi connectivity index (χ0n) is 20.8. The molecule has 2 fully saturated rings. The number of hydrogen-bond acceptors (Lipinski definition) is 5. The SMILES string of the molecule is O=C(Nc1cc2ccccc2c(-c2ccc(C(O)=C3CCC3)cc2)n1)C1(c2ccc3c(c2)OC(F)(F)O3)CC1. The van der Waals surface area contributed by atoms with Crippen molar-refractivity contribution in [2.75, 3.05) is 5.32 Å². The zero-order chi connectivity index (χ0) is 26.8. The highest BCUT2D eigenvalue weighted by Crippen LogP contribution is 2.52. The minimum Gasteiger partial charge on any atom is -0.507 e. The van der Waals surface area contributed by atoms with Gasteiger partial charge in [-0.2, -0.15) is 0 Å². The van der Waals surface area contributed by atoms with Crippen molar-refractivity contribution in [2.45, 2.75) is 43.8 Å². The summed E-state index contributed by atoms with van der Waals surface area (Å²) in [6, 6.07) is 21.8. The summed E-state index contributed by atoms with van der Waals surface area (Å²) in [6.07, 6.45) is 0.420. The first-order valence-corrected chi connectivity index (χ1v) is 12.9. The van der Waals surface area contributed by atoms with E-state index in [1.165, 1.54) is 12.1 Å². The van der Waals surface area contributed by atoms with Crippen LogP contribution >= 0.6 is 0 Å². The van der Waals surface area contributed by atoms with E-state index in [1.54, 1.807) is 6.07 Å². The number of nitrogens with zero attached hydrogens (tertiary/aromatic N) is 1. The van der Waals surface area contributed by atoms with Crippen LogP contribution in [0.15, 0.2) is 78.4 Å². The van der Waals surface area contributed by atoms with Gasteiger partial charge in [0.05, 0.1) is 11.1 Å². The number of nitrogens with one attached hydrogen (secondary N) is 1. The molecule has 0 atom stereocenters. The Bertz CT molecular complexity index is 1670. The number of rotatable bonds is 5. The van der Waals surface area contributed by atoms with Crippen LogP contribution in [0.2, 0.25) is 0 Å². The number of aliphatic hydroxyl groups excluding tert-OH is 1. The summed E-state index contributed by atoms with van der Waals surface area (Å²) in [4.78, 5) is 18.3. The fraction of sp³-hybridized carbons (Fsp3) is 0.226. The zero-order valence-corrected chi connectivity index (χ0v) is 20.8. The van der Waals surface area contributed by atoms with E-state index in [2.05, 4.69) is 14.8 Å². The molecular formula is C31H24F2N2O4. The molecule has 4 aromatic rings. The second-order valence-electron chi connectivity index (χ2n) is 10.3. The number of benzene rings is 3. The molecule has 2 aliphatic carbocycles. The summed E-state index contributed by atoms with van der Waals surface area (Å²) >= 11 is 0. The van der Waals surface area contributed by atoms with E-state index in [4.69, 9.17) is 4.98 Å². The number of aliphatic hydroxyl groups is 1. The van der Waals surface area contributed by atoms with E-state index >= 15 is 0 Å². The topological polar surface area (TPSA) is 80.7 Å². The smallest absolute Gasteiger partial charge is 0.507 e. The molecule has 1 amide bonds. The molecule has 1 aliphatic heterocycles. The van der Waals surface area contributed by atoms with Crippen LogP contribution in [0.3, 0.4) is 0 Å². The Hall–Kier alpha value is -4.46. The highest BCUT2D eigenvalue weighted by Gasteiger charge is 2.53. The van der Waals surface area contributed by atoms with E-state index in [9.17, 15) is 18.7 Å².